The standard InChI is InChI=1S/C17H26ClN/c1-2-11-19-13-16-9-4-3-7-14(16)12-15-8-5-6-10-17(15)18/h5-6,8,10,14,16,19H,2-4,7,9,11-13H2,1H3. The van der Waals surface area contributed by atoms with Crippen LogP contribution in [-0.2, 0) is 6.42 Å². The molecule has 1 nitrogen and oxygen atoms in total. The highest BCUT2D eigenvalue weighted by Crippen LogP contribution is 2.33. The summed E-state index contributed by atoms with van der Waals surface area (Å²) in [5.74, 6) is 1.63. The molecule has 1 aliphatic rings. The van der Waals surface area contributed by atoms with E-state index in [1.165, 1.54) is 44.2 Å². The van der Waals surface area contributed by atoms with Crippen LogP contribution >= 0.6 is 11.6 Å². The van der Waals surface area contributed by atoms with Crippen LogP contribution in [0, 0.1) is 11.8 Å². The van der Waals surface area contributed by atoms with Crippen molar-refractivity contribution in [1.29, 1.82) is 0 Å². The molecule has 1 saturated carbocycles. The molecular weight excluding hydrogens is 254 g/mol. The van der Waals surface area contributed by atoms with Gasteiger partial charge in [-0.15, -0.1) is 0 Å². The Morgan fingerprint density at radius 1 is 1.16 bits per heavy atom. The Morgan fingerprint density at radius 2 is 1.89 bits per heavy atom. The van der Waals surface area contributed by atoms with Crippen LogP contribution in [-0.4, -0.2) is 13.1 Å². The van der Waals surface area contributed by atoms with Gasteiger partial charge in [-0.25, -0.2) is 0 Å². The van der Waals surface area contributed by atoms with Gasteiger partial charge in [0.05, 0.1) is 0 Å². The molecule has 2 rings (SSSR count). The lowest BCUT2D eigenvalue weighted by molar-refractivity contribution is 0.229. The van der Waals surface area contributed by atoms with Gasteiger partial charge in [0.2, 0.25) is 0 Å². The fraction of sp³-hybridized carbons (Fsp3) is 0.647. The van der Waals surface area contributed by atoms with Crippen LogP contribution in [0.4, 0.5) is 0 Å². The van der Waals surface area contributed by atoms with Crippen molar-refractivity contribution in [3.63, 3.8) is 0 Å². The second kappa shape index (κ2) is 7.91. The lowest BCUT2D eigenvalue weighted by Gasteiger charge is -2.32. The smallest absolute Gasteiger partial charge is 0.0438 e. The zero-order valence-electron chi connectivity index (χ0n) is 12.0. The summed E-state index contributed by atoms with van der Waals surface area (Å²) in [5, 5.41) is 4.54. The highest BCUT2D eigenvalue weighted by atomic mass is 35.5. The molecule has 19 heavy (non-hydrogen) atoms. The van der Waals surface area contributed by atoms with Gasteiger partial charge in [0.15, 0.2) is 0 Å². The van der Waals surface area contributed by atoms with Gasteiger partial charge in [-0.1, -0.05) is 49.6 Å². The molecule has 0 radical (unpaired) electrons. The Balaban J connectivity index is 1.93. The molecule has 1 N–H and O–H groups in total. The topological polar surface area (TPSA) is 12.0 Å². The maximum atomic E-state index is 6.30. The van der Waals surface area contributed by atoms with Gasteiger partial charge in [0.25, 0.3) is 0 Å². The Bertz CT molecular complexity index is 377. The zero-order chi connectivity index (χ0) is 13.5. The van der Waals surface area contributed by atoms with E-state index in [2.05, 4.69) is 24.4 Å². The summed E-state index contributed by atoms with van der Waals surface area (Å²) in [7, 11) is 0. The number of benzene rings is 1. The molecule has 0 saturated heterocycles. The van der Waals surface area contributed by atoms with Gasteiger partial charge in [-0.2, -0.15) is 0 Å². The summed E-state index contributed by atoms with van der Waals surface area (Å²) in [6.07, 6.45) is 7.91. The quantitative estimate of drug-likeness (QED) is 0.745. The van der Waals surface area contributed by atoms with Crippen LogP contribution in [0.15, 0.2) is 24.3 Å². The molecular formula is C17H26ClN. The number of rotatable bonds is 6. The summed E-state index contributed by atoms with van der Waals surface area (Å²) in [6, 6.07) is 8.33. The van der Waals surface area contributed by atoms with Crippen molar-refractivity contribution < 1.29 is 0 Å². The molecule has 0 spiro atoms. The second-order valence-corrected chi connectivity index (χ2v) is 6.21. The predicted octanol–water partition coefficient (Wildman–Crippen LogP) is 4.69. The molecule has 1 aromatic rings. The van der Waals surface area contributed by atoms with Gasteiger partial charge in [-0.3, -0.25) is 0 Å². The Labute approximate surface area is 122 Å². The van der Waals surface area contributed by atoms with Gasteiger partial charge >= 0.3 is 0 Å². The first-order valence-electron chi connectivity index (χ1n) is 7.75. The number of halogens is 1. The number of hydrogen-bond acceptors (Lipinski definition) is 1. The molecule has 1 fully saturated rings. The van der Waals surface area contributed by atoms with Crippen LogP contribution in [0.3, 0.4) is 0 Å². The summed E-state index contributed by atoms with van der Waals surface area (Å²) in [4.78, 5) is 0. The minimum absolute atomic E-state index is 0.804. The third-order valence-corrected chi connectivity index (χ3v) is 4.71. The molecule has 2 atom stereocenters. The van der Waals surface area contributed by atoms with E-state index in [1.807, 2.05) is 12.1 Å². The van der Waals surface area contributed by atoms with Crippen molar-refractivity contribution in [2.24, 2.45) is 11.8 Å². The van der Waals surface area contributed by atoms with Crippen LogP contribution < -0.4 is 5.32 Å². The normalized spacial score (nSPS) is 23.5. The van der Waals surface area contributed by atoms with Crippen molar-refractivity contribution in [2.75, 3.05) is 13.1 Å². The Morgan fingerprint density at radius 3 is 2.63 bits per heavy atom. The Kier molecular flexibility index (Phi) is 6.19. The first-order valence-corrected chi connectivity index (χ1v) is 8.13. The molecule has 106 valence electrons. The zero-order valence-corrected chi connectivity index (χ0v) is 12.8. The van der Waals surface area contributed by atoms with E-state index in [4.69, 9.17) is 11.6 Å². The van der Waals surface area contributed by atoms with Crippen LogP contribution in [0.5, 0.6) is 0 Å². The van der Waals surface area contributed by atoms with E-state index in [9.17, 15) is 0 Å². The van der Waals surface area contributed by atoms with Crippen molar-refractivity contribution in [3.8, 4) is 0 Å². The van der Waals surface area contributed by atoms with Gasteiger partial charge in [-0.05, 0) is 62.2 Å². The first-order chi connectivity index (χ1) is 9.31. The van der Waals surface area contributed by atoms with Crippen LogP contribution in [0.2, 0.25) is 5.02 Å². The predicted molar refractivity (Wildman–Crippen MR) is 83.8 cm³/mol. The number of nitrogens with one attached hydrogen (secondary N) is 1. The van der Waals surface area contributed by atoms with Gasteiger partial charge in [0, 0.05) is 5.02 Å². The molecule has 0 bridgehead atoms. The van der Waals surface area contributed by atoms with Crippen LogP contribution in [0.25, 0.3) is 0 Å². The molecule has 2 heteroatoms. The first kappa shape index (κ1) is 14.9. The molecule has 1 aromatic carbocycles. The minimum atomic E-state index is 0.804. The van der Waals surface area contributed by atoms with Crippen LogP contribution in [0.1, 0.15) is 44.6 Å². The maximum Gasteiger partial charge on any atom is 0.0438 e. The highest BCUT2D eigenvalue weighted by molar-refractivity contribution is 6.31. The van der Waals surface area contributed by atoms with Gasteiger partial charge in [0.1, 0.15) is 0 Å². The van der Waals surface area contributed by atoms with E-state index in [0.29, 0.717) is 0 Å². The molecule has 0 aromatic heterocycles. The molecule has 0 aliphatic heterocycles. The summed E-state index contributed by atoms with van der Waals surface area (Å²) >= 11 is 6.30. The van der Waals surface area contributed by atoms with Crippen molar-refractivity contribution in [2.45, 2.75) is 45.4 Å². The summed E-state index contributed by atoms with van der Waals surface area (Å²) in [6.45, 7) is 4.56. The minimum Gasteiger partial charge on any atom is -0.316 e. The Hall–Kier alpha value is -0.530. The highest BCUT2D eigenvalue weighted by Gasteiger charge is 2.25. The lowest BCUT2D eigenvalue weighted by atomic mass is 9.76. The molecule has 0 amide bonds. The molecule has 0 heterocycles. The summed E-state index contributed by atoms with van der Waals surface area (Å²) < 4.78 is 0. The fourth-order valence-corrected chi connectivity index (χ4v) is 3.45. The number of hydrogen-bond donors (Lipinski definition) is 1. The van der Waals surface area contributed by atoms with E-state index in [1.54, 1.807) is 0 Å². The van der Waals surface area contributed by atoms with Gasteiger partial charge < -0.3 is 5.32 Å². The largest absolute Gasteiger partial charge is 0.316 e. The summed E-state index contributed by atoms with van der Waals surface area (Å²) in [5.41, 5.74) is 1.33. The third kappa shape index (κ3) is 4.50. The lowest BCUT2D eigenvalue weighted by Crippen LogP contribution is -2.32. The average Bonchev–Trinajstić information content (AvgIpc) is 2.43. The van der Waals surface area contributed by atoms with E-state index < -0.39 is 0 Å². The third-order valence-electron chi connectivity index (χ3n) is 4.34. The SMILES string of the molecule is CCCNCC1CCCCC1Cc1ccccc1Cl. The second-order valence-electron chi connectivity index (χ2n) is 5.80. The monoisotopic (exact) mass is 279 g/mol. The van der Waals surface area contributed by atoms with Crippen molar-refractivity contribution in [3.05, 3.63) is 34.9 Å². The van der Waals surface area contributed by atoms with Crippen molar-refractivity contribution in [1.82, 2.24) is 5.32 Å². The molecule has 1 aliphatic carbocycles. The van der Waals surface area contributed by atoms with Crippen molar-refractivity contribution >= 4 is 11.6 Å². The maximum absolute atomic E-state index is 6.30. The van der Waals surface area contributed by atoms with E-state index >= 15 is 0 Å². The fourth-order valence-electron chi connectivity index (χ4n) is 3.23. The molecule has 2 unspecified atom stereocenters. The van der Waals surface area contributed by atoms with E-state index in [-0.39, 0.29) is 0 Å². The van der Waals surface area contributed by atoms with E-state index in [0.717, 1.165) is 29.8 Å². The average molecular weight is 280 g/mol.